The zero-order valence-electron chi connectivity index (χ0n) is 12.3. The number of rotatable bonds is 5. The van der Waals surface area contributed by atoms with Crippen LogP contribution < -0.4 is 20.5 Å². The molecule has 0 saturated carbocycles. The number of amides is 1. The third-order valence-electron chi connectivity index (χ3n) is 3.10. The number of ether oxygens (including phenoxy) is 2. The van der Waals surface area contributed by atoms with Crippen molar-refractivity contribution in [2.45, 2.75) is 0 Å². The Hall–Kier alpha value is -3.02. The lowest BCUT2D eigenvalue weighted by Gasteiger charge is -2.10. The van der Waals surface area contributed by atoms with Crippen molar-refractivity contribution >= 4 is 17.4 Å². The second kappa shape index (κ2) is 6.62. The summed E-state index contributed by atoms with van der Waals surface area (Å²) in [4.78, 5) is 12.2. The van der Waals surface area contributed by atoms with Crippen molar-refractivity contribution in [3.8, 4) is 11.5 Å². The predicted molar refractivity (Wildman–Crippen MR) is 85.0 cm³/mol. The number of hydrogen-bond acceptors (Lipinski definition) is 4. The van der Waals surface area contributed by atoms with Gasteiger partial charge in [0.05, 0.1) is 14.2 Å². The van der Waals surface area contributed by atoms with Gasteiger partial charge >= 0.3 is 0 Å². The standard InChI is InChI=1S/C16H17N3O3/c1-21-13-8-7-12(9-14(13)22-2)19-16(20)11-5-3-10(4-6-11)15(17)18/h3-9H,1-2H3,(H3,17,18)(H,19,20). The second-order valence-corrected chi connectivity index (χ2v) is 4.51. The maximum absolute atomic E-state index is 12.2. The number of anilines is 1. The molecule has 0 radical (unpaired) electrons. The molecule has 0 heterocycles. The summed E-state index contributed by atoms with van der Waals surface area (Å²) in [7, 11) is 3.08. The first kappa shape index (κ1) is 15.4. The molecule has 0 spiro atoms. The number of nitrogen functional groups attached to an aromatic ring is 1. The van der Waals surface area contributed by atoms with Crippen molar-refractivity contribution in [3.63, 3.8) is 0 Å². The quantitative estimate of drug-likeness (QED) is 0.582. The Kier molecular flexibility index (Phi) is 4.63. The SMILES string of the molecule is COc1ccc(NC(=O)c2ccc(C(=N)N)cc2)cc1OC. The highest BCUT2D eigenvalue weighted by atomic mass is 16.5. The Morgan fingerprint density at radius 1 is 1.00 bits per heavy atom. The van der Waals surface area contributed by atoms with Gasteiger partial charge in [0.1, 0.15) is 5.84 Å². The van der Waals surface area contributed by atoms with Crippen LogP contribution in [0, 0.1) is 5.41 Å². The van der Waals surface area contributed by atoms with E-state index < -0.39 is 0 Å². The summed E-state index contributed by atoms with van der Waals surface area (Å²) >= 11 is 0. The number of nitrogens with two attached hydrogens (primary N) is 1. The largest absolute Gasteiger partial charge is 0.493 e. The van der Waals surface area contributed by atoms with Gasteiger partial charge in [0, 0.05) is 22.9 Å². The number of nitrogens with one attached hydrogen (secondary N) is 2. The molecular weight excluding hydrogens is 282 g/mol. The summed E-state index contributed by atoms with van der Waals surface area (Å²) < 4.78 is 10.3. The van der Waals surface area contributed by atoms with E-state index in [4.69, 9.17) is 20.6 Å². The van der Waals surface area contributed by atoms with E-state index in [2.05, 4.69) is 5.32 Å². The van der Waals surface area contributed by atoms with Crippen LogP contribution in [0.3, 0.4) is 0 Å². The van der Waals surface area contributed by atoms with E-state index >= 15 is 0 Å². The van der Waals surface area contributed by atoms with Gasteiger partial charge < -0.3 is 20.5 Å². The van der Waals surface area contributed by atoms with E-state index in [1.165, 1.54) is 7.11 Å². The van der Waals surface area contributed by atoms with Crippen molar-refractivity contribution < 1.29 is 14.3 Å². The Labute approximate surface area is 128 Å². The minimum absolute atomic E-state index is 0.0353. The van der Waals surface area contributed by atoms with Gasteiger partial charge in [-0.15, -0.1) is 0 Å². The summed E-state index contributed by atoms with van der Waals surface area (Å²) in [5.41, 5.74) is 7.02. The van der Waals surface area contributed by atoms with Gasteiger partial charge in [-0.3, -0.25) is 10.2 Å². The average Bonchev–Trinajstić information content (AvgIpc) is 2.54. The molecule has 6 nitrogen and oxygen atoms in total. The maximum atomic E-state index is 12.2. The molecule has 1 amide bonds. The smallest absolute Gasteiger partial charge is 0.255 e. The van der Waals surface area contributed by atoms with Crippen molar-refractivity contribution in [2.24, 2.45) is 5.73 Å². The monoisotopic (exact) mass is 299 g/mol. The molecule has 2 aromatic carbocycles. The van der Waals surface area contributed by atoms with Crippen LogP contribution in [0.15, 0.2) is 42.5 Å². The first-order chi connectivity index (χ1) is 10.5. The molecule has 6 heteroatoms. The molecular formula is C16H17N3O3. The average molecular weight is 299 g/mol. The molecule has 4 N–H and O–H groups in total. The van der Waals surface area contributed by atoms with E-state index in [1.54, 1.807) is 49.6 Å². The topological polar surface area (TPSA) is 97.4 Å². The number of carbonyl (C=O) groups excluding carboxylic acids is 1. The van der Waals surface area contributed by atoms with E-state index in [9.17, 15) is 4.79 Å². The predicted octanol–water partition coefficient (Wildman–Crippen LogP) is 2.24. The maximum Gasteiger partial charge on any atom is 0.255 e. The van der Waals surface area contributed by atoms with E-state index in [1.807, 2.05) is 0 Å². The molecule has 0 aliphatic rings. The molecule has 2 aromatic rings. The van der Waals surface area contributed by atoms with Gasteiger partial charge in [-0.05, 0) is 24.3 Å². The molecule has 0 aliphatic heterocycles. The number of carbonyl (C=O) groups is 1. The highest BCUT2D eigenvalue weighted by Crippen LogP contribution is 2.29. The van der Waals surface area contributed by atoms with Gasteiger partial charge in [-0.2, -0.15) is 0 Å². The second-order valence-electron chi connectivity index (χ2n) is 4.51. The summed E-state index contributed by atoms with van der Waals surface area (Å²) in [6.07, 6.45) is 0. The van der Waals surface area contributed by atoms with Gasteiger partial charge in [-0.25, -0.2) is 0 Å². The van der Waals surface area contributed by atoms with Crippen molar-refractivity contribution in [1.29, 1.82) is 5.41 Å². The van der Waals surface area contributed by atoms with Crippen LogP contribution >= 0.6 is 0 Å². The lowest BCUT2D eigenvalue weighted by Crippen LogP contribution is -2.14. The molecule has 0 aromatic heterocycles. The number of methoxy groups -OCH3 is 2. The Morgan fingerprint density at radius 3 is 2.14 bits per heavy atom. The summed E-state index contributed by atoms with van der Waals surface area (Å²) in [6.45, 7) is 0. The van der Waals surface area contributed by atoms with Gasteiger partial charge in [0.25, 0.3) is 5.91 Å². The zero-order valence-corrected chi connectivity index (χ0v) is 12.3. The number of benzene rings is 2. The normalized spacial score (nSPS) is 9.91. The van der Waals surface area contributed by atoms with Gasteiger partial charge in [0.15, 0.2) is 11.5 Å². The van der Waals surface area contributed by atoms with Crippen LogP contribution in [0.25, 0.3) is 0 Å². The number of hydrogen-bond donors (Lipinski definition) is 3. The van der Waals surface area contributed by atoms with Crippen molar-refractivity contribution in [3.05, 3.63) is 53.6 Å². The summed E-state index contributed by atoms with van der Waals surface area (Å²) in [6, 6.07) is 11.6. The Balaban J connectivity index is 2.16. The summed E-state index contributed by atoms with van der Waals surface area (Å²) in [5, 5.41) is 10.1. The van der Waals surface area contributed by atoms with Crippen molar-refractivity contribution in [2.75, 3.05) is 19.5 Å². The molecule has 2 rings (SSSR count). The lowest BCUT2D eigenvalue weighted by atomic mass is 10.1. The molecule has 22 heavy (non-hydrogen) atoms. The minimum atomic E-state index is -0.262. The Morgan fingerprint density at radius 2 is 1.59 bits per heavy atom. The van der Waals surface area contributed by atoms with Crippen LogP contribution in [-0.4, -0.2) is 26.0 Å². The molecule has 0 atom stereocenters. The number of amidine groups is 1. The zero-order chi connectivity index (χ0) is 16.1. The molecule has 0 fully saturated rings. The highest BCUT2D eigenvalue weighted by Gasteiger charge is 2.09. The Bertz CT molecular complexity index is 696. The van der Waals surface area contributed by atoms with Gasteiger partial charge in [0.2, 0.25) is 0 Å². The van der Waals surface area contributed by atoms with Crippen LogP contribution in [0.5, 0.6) is 11.5 Å². The minimum Gasteiger partial charge on any atom is -0.493 e. The fourth-order valence-electron chi connectivity index (χ4n) is 1.92. The molecule has 0 saturated heterocycles. The molecule has 0 unspecified atom stereocenters. The third kappa shape index (κ3) is 3.35. The summed E-state index contributed by atoms with van der Waals surface area (Å²) in [5.74, 6) is 0.827. The van der Waals surface area contributed by atoms with E-state index in [0.29, 0.717) is 28.3 Å². The van der Waals surface area contributed by atoms with E-state index in [-0.39, 0.29) is 11.7 Å². The fourth-order valence-corrected chi connectivity index (χ4v) is 1.92. The van der Waals surface area contributed by atoms with Crippen LogP contribution in [0.1, 0.15) is 15.9 Å². The van der Waals surface area contributed by atoms with Gasteiger partial charge in [-0.1, -0.05) is 12.1 Å². The molecule has 0 aliphatic carbocycles. The molecule has 0 bridgehead atoms. The van der Waals surface area contributed by atoms with Crippen molar-refractivity contribution in [1.82, 2.24) is 0 Å². The van der Waals surface area contributed by atoms with E-state index in [0.717, 1.165) is 0 Å². The third-order valence-corrected chi connectivity index (χ3v) is 3.10. The van der Waals surface area contributed by atoms with Crippen LogP contribution in [0.2, 0.25) is 0 Å². The fraction of sp³-hybridized carbons (Fsp3) is 0.125. The lowest BCUT2D eigenvalue weighted by molar-refractivity contribution is 0.102. The first-order valence-corrected chi connectivity index (χ1v) is 6.53. The highest BCUT2D eigenvalue weighted by molar-refractivity contribution is 6.05. The first-order valence-electron chi connectivity index (χ1n) is 6.53. The van der Waals surface area contributed by atoms with Crippen LogP contribution in [0.4, 0.5) is 5.69 Å². The molecule has 114 valence electrons. The van der Waals surface area contributed by atoms with Crippen LogP contribution in [-0.2, 0) is 0 Å².